The zero-order valence-electron chi connectivity index (χ0n) is 31.0. The van der Waals surface area contributed by atoms with E-state index < -0.39 is 0 Å². The molecule has 9 aromatic rings. The molecule has 0 radical (unpaired) electrons. The molecule has 0 unspecified atom stereocenters. The van der Waals surface area contributed by atoms with E-state index in [-0.39, 0.29) is 0 Å². The molecule has 1 aliphatic carbocycles. The first-order valence-electron chi connectivity index (χ1n) is 19.1. The summed E-state index contributed by atoms with van der Waals surface area (Å²) in [6.07, 6.45) is 7.87. The number of hydrazone groups is 1. The lowest BCUT2D eigenvalue weighted by Crippen LogP contribution is -2.13. The van der Waals surface area contributed by atoms with Gasteiger partial charge in [0.1, 0.15) is 5.71 Å². The highest BCUT2D eigenvalue weighted by molar-refractivity contribution is 6.51. The SMILES string of the molecule is N=C1C=C(c2cc(-c3ccccc3)cc(-c3ccccc3)c2)C=C/C1=N/Nc1ccc(-c2c3ccccc3c(-c3cnc4ccccc4c3)c3ccccc23)cc1. The maximum atomic E-state index is 8.94. The summed E-state index contributed by atoms with van der Waals surface area (Å²) in [5.74, 6) is 0. The van der Waals surface area contributed by atoms with E-state index in [0.717, 1.165) is 61.1 Å². The number of benzene rings is 8. The quantitative estimate of drug-likeness (QED) is 0.0975. The Kier molecular flexibility index (Phi) is 8.62. The predicted molar refractivity (Wildman–Crippen MR) is 241 cm³/mol. The second-order valence-electron chi connectivity index (χ2n) is 14.3. The van der Waals surface area contributed by atoms with E-state index in [1.165, 1.54) is 32.7 Å². The molecule has 0 saturated carbocycles. The van der Waals surface area contributed by atoms with E-state index in [0.29, 0.717) is 11.4 Å². The lowest BCUT2D eigenvalue weighted by molar-refractivity contribution is 1.34. The summed E-state index contributed by atoms with van der Waals surface area (Å²) in [6.45, 7) is 0. The highest BCUT2D eigenvalue weighted by atomic mass is 15.3. The van der Waals surface area contributed by atoms with Crippen molar-refractivity contribution >= 4 is 55.1 Å². The van der Waals surface area contributed by atoms with Crippen LogP contribution in [0.4, 0.5) is 5.69 Å². The fraction of sp³-hybridized carbons (Fsp3) is 0. The smallest absolute Gasteiger partial charge is 0.108 e. The Morgan fingerprint density at radius 3 is 1.56 bits per heavy atom. The van der Waals surface area contributed by atoms with Crippen LogP contribution in [0.5, 0.6) is 0 Å². The lowest BCUT2D eigenvalue weighted by atomic mass is 9.86. The average molecular weight is 729 g/mol. The van der Waals surface area contributed by atoms with Crippen molar-refractivity contribution in [2.75, 3.05) is 5.43 Å². The van der Waals surface area contributed by atoms with Crippen molar-refractivity contribution in [3.63, 3.8) is 0 Å². The van der Waals surface area contributed by atoms with Crippen LogP contribution in [0.15, 0.2) is 212 Å². The van der Waals surface area contributed by atoms with Gasteiger partial charge in [0.2, 0.25) is 0 Å². The molecular weight excluding hydrogens is 693 g/mol. The first-order valence-corrected chi connectivity index (χ1v) is 19.1. The second kappa shape index (κ2) is 14.5. The van der Waals surface area contributed by atoms with E-state index >= 15 is 0 Å². The van der Waals surface area contributed by atoms with E-state index in [1.54, 1.807) is 0 Å². The third-order valence-electron chi connectivity index (χ3n) is 10.8. The van der Waals surface area contributed by atoms with Gasteiger partial charge in [0.05, 0.1) is 16.9 Å². The fourth-order valence-corrected chi connectivity index (χ4v) is 8.00. The van der Waals surface area contributed by atoms with Gasteiger partial charge >= 0.3 is 0 Å². The minimum absolute atomic E-state index is 0.350. The number of hydrogen-bond donors (Lipinski definition) is 2. The molecule has 1 heterocycles. The molecule has 10 rings (SSSR count). The summed E-state index contributed by atoms with van der Waals surface area (Å²) in [5, 5.41) is 19.5. The van der Waals surface area contributed by atoms with Crippen LogP contribution < -0.4 is 5.43 Å². The Balaban J connectivity index is 0.946. The number of pyridine rings is 1. The molecule has 0 spiro atoms. The van der Waals surface area contributed by atoms with Gasteiger partial charge in [-0.3, -0.25) is 15.8 Å². The van der Waals surface area contributed by atoms with Gasteiger partial charge in [-0.05, 0) is 126 Å². The zero-order chi connectivity index (χ0) is 38.1. The van der Waals surface area contributed by atoms with Crippen LogP contribution in [-0.2, 0) is 0 Å². The molecule has 0 fully saturated rings. The Labute approximate surface area is 331 Å². The van der Waals surface area contributed by atoms with Crippen molar-refractivity contribution in [3.8, 4) is 44.5 Å². The van der Waals surface area contributed by atoms with Crippen LogP contribution in [-0.4, -0.2) is 16.4 Å². The van der Waals surface area contributed by atoms with Crippen molar-refractivity contribution in [1.82, 2.24) is 4.98 Å². The Morgan fingerprint density at radius 1 is 0.439 bits per heavy atom. The number of nitrogens with one attached hydrogen (secondary N) is 2. The van der Waals surface area contributed by atoms with E-state index in [4.69, 9.17) is 10.4 Å². The Bertz CT molecular complexity index is 2970. The monoisotopic (exact) mass is 728 g/mol. The molecule has 0 aliphatic heterocycles. The van der Waals surface area contributed by atoms with Crippen molar-refractivity contribution in [2.24, 2.45) is 5.10 Å². The van der Waals surface area contributed by atoms with Crippen LogP contribution in [0.3, 0.4) is 0 Å². The lowest BCUT2D eigenvalue weighted by Gasteiger charge is -2.18. The zero-order valence-corrected chi connectivity index (χ0v) is 31.0. The van der Waals surface area contributed by atoms with Crippen molar-refractivity contribution in [1.29, 1.82) is 5.41 Å². The van der Waals surface area contributed by atoms with Gasteiger partial charge in [-0.15, -0.1) is 0 Å². The highest BCUT2D eigenvalue weighted by Crippen LogP contribution is 2.44. The maximum Gasteiger partial charge on any atom is 0.108 e. The number of rotatable bonds is 7. The number of hydrogen-bond acceptors (Lipinski definition) is 4. The van der Waals surface area contributed by atoms with E-state index in [1.807, 2.05) is 42.6 Å². The van der Waals surface area contributed by atoms with Gasteiger partial charge in [0.25, 0.3) is 0 Å². The van der Waals surface area contributed by atoms with Crippen LogP contribution in [0.1, 0.15) is 5.56 Å². The summed E-state index contributed by atoms with van der Waals surface area (Å²) in [4.78, 5) is 4.82. The number of aromatic nitrogens is 1. The molecule has 1 aromatic heterocycles. The van der Waals surface area contributed by atoms with E-state index in [2.05, 4.69) is 174 Å². The number of fused-ring (bicyclic) bond motifs is 3. The number of anilines is 1. The Hall–Kier alpha value is -7.69. The van der Waals surface area contributed by atoms with Gasteiger partial charge < -0.3 is 0 Å². The standard InChI is InChI=1S/C53H36N4/c54-49-33-38(42-31-40(35-13-3-1-4-14-35)30-41(32-42)36-15-5-2-6-16-36)25-28-51(49)57-56-44-26-23-37(24-27-44)52-45-18-8-10-20-47(45)53(48-21-11-9-19-46(48)52)43-29-39-17-7-12-22-50(39)55-34-43/h1-34,54,56H/b54-49?,57-51-. The fourth-order valence-electron chi connectivity index (χ4n) is 8.00. The molecule has 4 nitrogen and oxygen atoms in total. The Morgan fingerprint density at radius 2 is 0.965 bits per heavy atom. The molecule has 4 heteroatoms. The average Bonchev–Trinajstić information content (AvgIpc) is 3.28. The van der Waals surface area contributed by atoms with Gasteiger partial charge in [-0.1, -0.05) is 146 Å². The minimum Gasteiger partial charge on any atom is -0.299 e. The molecule has 268 valence electrons. The molecule has 2 N–H and O–H groups in total. The summed E-state index contributed by atoms with van der Waals surface area (Å²) >= 11 is 0. The first-order chi connectivity index (χ1) is 28.2. The summed E-state index contributed by atoms with van der Waals surface area (Å²) in [7, 11) is 0. The van der Waals surface area contributed by atoms with Gasteiger partial charge in [-0.2, -0.15) is 5.10 Å². The van der Waals surface area contributed by atoms with Crippen LogP contribution in [0, 0.1) is 5.41 Å². The van der Waals surface area contributed by atoms with Gasteiger partial charge in [0, 0.05) is 17.1 Å². The summed E-state index contributed by atoms with van der Waals surface area (Å²) in [6, 6.07) is 63.8. The van der Waals surface area contributed by atoms with Crippen LogP contribution in [0.25, 0.3) is 82.5 Å². The topological polar surface area (TPSA) is 61.1 Å². The molecule has 0 amide bonds. The molecule has 0 atom stereocenters. The van der Waals surface area contributed by atoms with Gasteiger partial charge in [0.15, 0.2) is 0 Å². The van der Waals surface area contributed by atoms with Gasteiger partial charge in [-0.25, -0.2) is 0 Å². The minimum atomic E-state index is 0.350. The molecule has 0 bridgehead atoms. The maximum absolute atomic E-state index is 8.94. The number of para-hydroxylation sites is 1. The molecular formula is C53H36N4. The first kappa shape index (κ1) is 33.8. The summed E-state index contributed by atoms with van der Waals surface area (Å²) in [5.41, 5.74) is 17.2. The van der Waals surface area contributed by atoms with Crippen molar-refractivity contribution < 1.29 is 0 Å². The highest BCUT2D eigenvalue weighted by Gasteiger charge is 2.18. The predicted octanol–water partition coefficient (Wildman–Crippen LogP) is 13.7. The normalized spacial score (nSPS) is 13.4. The number of nitrogens with zero attached hydrogens (tertiary/aromatic N) is 2. The second-order valence-corrected chi connectivity index (χ2v) is 14.3. The largest absolute Gasteiger partial charge is 0.299 e. The van der Waals surface area contributed by atoms with Crippen LogP contribution in [0.2, 0.25) is 0 Å². The molecule has 57 heavy (non-hydrogen) atoms. The van der Waals surface area contributed by atoms with Crippen molar-refractivity contribution in [2.45, 2.75) is 0 Å². The molecule has 8 aromatic carbocycles. The number of allylic oxidation sites excluding steroid dienone is 4. The molecule has 0 saturated heterocycles. The molecule has 1 aliphatic rings. The van der Waals surface area contributed by atoms with Crippen molar-refractivity contribution in [3.05, 3.63) is 212 Å². The van der Waals surface area contributed by atoms with E-state index in [9.17, 15) is 0 Å². The summed E-state index contributed by atoms with van der Waals surface area (Å²) < 4.78 is 0. The third-order valence-corrected chi connectivity index (χ3v) is 10.8. The third kappa shape index (κ3) is 6.49. The van der Waals surface area contributed by atoms with Crippen LogP contribution >= 0.6 is 0 Å².